The van der Waals surface area contributed by atoms with Gasteiger partial charge in [-0.15, -0.1) is 0 Å². The SMILES string of the molecule is COc1ccc(-c2nc3c(C(=O)N4CCN([C@@H](CNS(C)(=O)=O)c5ccccc5)CC4)cnn3c(C(F)(F)F)c2C)cc1. The van der Waals surface area contributed by atoms with Gasteiger partial charge in [0.2, 0.25) is 10.0 Å². The lowest BCUT2D eigenvalue weighted by Crippen LogP contribution is -2.51. The van der Waals surface area contributed by atoms with E-state index in [1.807, 2.05) is 30.3 Å². The molecule has 4 aromatic rings. The Morgan fingerprint density at radius 1 is 1.05 bits per heavy atom. The van der Waals surface area contributed by atoms with Crippen LogP contribution in [0.2, 0.25) is 0 Å². The van der Waals surface area contributed by atoms with Crippen LogP contribution in [0.3, 0.4) is 0 Å². The zero-order valence-corrected chi connectivity index (χ0v) is 24.6. The van der Waals surface area contributed by atoms with E-state index in [1.54, 1.807) is 29.2 Å². The van der Waals surface area contributed by atoms with Crippen LogP contribution in [-0.2, 0) is 16.2 Å². The van der Waals surface area contributed by atoms with Gasteiger partial charge in [-0.2, -0.15) is 18.3 Å². The molecule has 0 bridgehead atoms. The molecular weight excluding hydrogens is 585 g/mol. The van der Waals surface area contributed by atoms with Gasteiger partial charge in [0.25, 0.3) is 5.91 Å². The van der Waals surface area contributed by atoms with Crippen LogP contribution in [0.1, 0.15) is 33.2 Å². The molecule has 43 heavy (non-hydrogen) atoms. The Morgan fingerprint density at radius 2 is 1.70 bits per heavy atom. The predicted molar refractivity (Wildman–Crippen MR) is 154 cm³/mol. The minimum atomic E-state index is -4.75. The summed E-state index contributed by atoms with van der Waals surface area (Å²) in [5, 5.41) is 3.95. The number of hydrogen-bond acceptors (Lipinski definition) is 7. The van der Waals surface area contributed by atoms with Gasteiger partial charge in [-0.3, -0.25) is 9.69 Å². The zero-order valence-electron chi connectivity index (χ0n) is 23.8. The minimum Gasteiger partial charge on any atom is -0.497 e. The number of halogens is 3. The Bertz CT molecular complexity index is 1720. The van der Waals surface area contributed by atoms with E-state index in [2.05, 4.69) is 19.7 Å². The highest BCUT2D eigenvalue weighted by atomic mass is 32.2. The minimum absolute atomic E-state index is 0.0351. The Labute approximate surface area is 247 Å². The quantitative estimate of drug-likeness (QED) is 0.321. The lowest BCUT2D eigenvalue weighted by Gasteiger charge is -2.39. The highest BCUT2D eigenvalue weighted by Gasteiger charge is 2.39. The Kier molecular flexibility index (Phi) is 8.45. The molecule has 0 radical (unpaired) electrons. The second kappa shape index (κ2) is 11.9. The first-order valence-corrected chi connectivity index (χ1v) is 15.4. The molecule has 1 N–H and O–H groups in total. The molecule has 3 heterocycles. The number of amides is 1. The molecule has 1 fully saturated rings. The Hall–Kier alpha value is -4.01. The fourth-order valence-corrected chi connectivity index (χ4v) is 5.82. The topological polar surface area (TPSA) is 109 Å². The molecule has 10 nitrogen and oxygen atoms in total. The first-order valence-electron chi connectivity index (χ1n) is 13.5. The number of nitrogens with one attached hydrogen (secondary N) is 1. The van der Waals surface area contributed by atoms with Crippen molar-refractivity contribution < 1.29 is 31.1 Å². The van der Waals surface area contributed by atoms with Crippen molar-refractivity contribution >= 4 is 21.6 Å². The normalized spacial score (nSPS) is 15.5. The summed E-state index contributed by atoms with van der Waals surface area (Å²) in [5.41, 5.74) is 0.112. The number of piperazine rings is 1. The van der Waals surface area contributed by atoms with Gasteiger partial charge < -0.3 is 9.64 Å². The van der Waals surface area contributed by atoms with Crippen molar-refractivity contribution in [3.63, 3.8) is 0 Å². The van der Waals surface area contributed by atoms with Crippen LogP contribution in [0.25, 0.3) is 16.9 Å². The van der Waals surface area contributed by atoms with E-state index in [9.17, 15) is 26.4 Å². The number of carbonyl (C=O) groups is 1. The second-order valence-corrected chi connectivity index (χ2v) is 12.2. The molecule has 1 amide bonds. The molecule has 1 atom stereocenters. The standard InChI is InChI=1S/C29H31F3N6O4S/c1-19-25(21-9-11-22(42-2)12-10-21)35-27-23(17-33-38(27)26(19)29(30,31)32)28(39)37-15-13-36(14-16-37)24(18-34-43(3,40)41)20-7-5-4-6-8-20/h4-12,17,24,34H,13-16,18H2,1-3H3/t24-/m0/s1. The summed E-state index contributed by atoms with van der Waals surface area (Å²) < 4.78 is 74.9. The summed E-state index contributed by atoms with van der Waals surface area (Å²) in [6.45, 7) is 2.89. The zero-order chi connectivity index (χ0) is 30.9. The first-order chi connectivity index (χ1) is 20.4. The fourth-order valence-electron chi connectivity index (χ4n) is 5.36. The third kappa shape index (κ3) is 6.50. The van der Waals surface area contributed by atoms with Crippen molar-refractivity contribution in [2.24, 2.45) is 0 Å². The van der Waals surface area contributed by atoms with Crippen LogP contribution in [0, 0.1) is 6.92 Å². The third-order valence-corrected chi connectivity index (χ3v) is 8.20. The highest BCUT2D eigenvalue weighted by molar-refractivity contribution is 7.88. The van der Waals surface area contributed by atoms with Crippen LogP contribution < -0.4 is 9.46 Å². The number of fused-ring (bicyclic) bond motifs is 1. The van der Waals surface area contributed by atoms with E-state index in [1.165, 1.54) is 14.0 Å². The molecule has 5 rings (SSSR count). The first kappa shape index (κ1) is 30.4. The van der Waals surface area contributed by atoms with Gasteiger partial charge in [-0.1, -0.05) is 30.3 Å². The van der Waals surface area contributed by atoms with Crippen molar-refractivity contribution in [2.45, 2.75) is 19.1 Å². The largest absolute Gasteiger partial charge is 0.497 e. The third-order valence-electron chi connectivity index (χ3n) is 7.51. The van der Waals surface area contributed by atoms with Crippen LogP contribution in [0.5, 0.6) is 5.75 Å². The van der Waals surface area contributed by atoms with E-state index in [-0.39, 0.29) is 48.1 Å². The van der Waals surface area contributed by atoms with Gasteiger partial charge in [0, 0.05) is 49.9 Å². The molecular formula is C29H31F3N6O4S. The van der Waals surface area contributed by atoms with Crippen molar-refractivity contribution in [3.8, 4) is 17.0 Å². The smallest absolute Gasteiger partial charge is 0.433 e. The summed E-state index contributed by atoms with van der Waals surface area (Å²) in [5.74, 6) is 0.0600. The summed E-state index contributed by atoms with van der Waals surface area (Å²) in [4.78, 5) is 21.8. The summed E-state index contributed by atoms with van der Waals surface area (Å²) in [6.07, 6.45) is -2.52. The molecule has 14 heteroatoms. The average molecular weight is 617 g/mol. The monoisotopic (exact) mass is 616 g/mol. The maximum Gasteiger partial charge on any atom is 0.433 e. The summed E-state index contributed by atoms with van der Waals surface area (Å²) in [7, 11) is -1.94. The Balaban J connectivity index is 1.44. The van der Waals surface area contributed by atoms with Crippen molar-refractivity contribution in [1.29, 1.82) is 0 Å². The molecule has 228 valence electrons. The maximum atomic E-state index is 14.3. The van der Waals surface area contributed by atoms with Crippen molar-refractivity contribution in [3.05, 3.63) is 83.2 Å². The number of alkyl halides is 3. The van der Waals surface area contributed by atoms with E-state index in [4.69, 9.17) is 4.74 Å². The number of benzene rings is 2. The van der Waals surface area contributed by atoms with Crippen LogP contribution in [0.15, 0.2) is 60.8 Å². The van der Waals surface area contributed by atoms with E-state index < -0.39 is 27.8 Å². The molecule has 1 aliphatic heterocycles. The van der Waals surface area contributed by atoms with Gasteiger partial charge >= 0.3 is 6.18 Å². The van der Waals surface area contributed by atoms with Crippen molar-refractivity contribution in [2.75, 3.05) is 46.1 Å². The number of methoxy groups -OCH3 is 1. The molecule has 2 aromatic heterocycles. The number of aromatic nitrogens is 3. The molecule has 0 aliphatic carbocycles. The maximum absolute atomic E-state index is 14.3. The average Bonchev–Trinajstić information content (AvgIpc) is 3.39. The molecule has 1 aliphatic rings. The number of hydrogen-bond donors (Lipinski definition) is 1. The number of sulfonamides is 1. The lowest BCUT2D eigenvalue weighted by molar-refractivity contribution is -0.143. The van der Waals surface area contributed by atoms with Gasteiger partial charge in [0.05, 0.1) is 25.3 Å². The molecule has 2 aromatic carbocycles. The fraction of sp³-hybridized carbons (Fsp3) is 0.345. The Morgan fingerprint density at radius 3 is 2.28 bits per heavy atom. The van der Waals surface area contributed by atoms with Crippen LogP contribution in [-0.4, -0.2) is 84.8 Å². The summed E-state index contributed by atoms with van der Waals surface area (Å²) >= 11 is 0. The van der Waals surface area contributed by atoms with E-state index >= 15 is 0 Å². The van der Waals surface area contributed by atoms with E-state index in [0.29, 0.717) is 28.9 Å². The summed E-state index contributed by atoms with van der Waals surface area (Å²) in [6, 6.07) is 15.7. The molecule has 0 unspecified atom stereocenters. The van der Waals surface area contributed by atoms with E-state index in [0.717, 1.165) is 18.0 Å². The predicted octanol–water partition coefficient (Wildman–Crippen LogP) is 3.78. The van der Waals surface area contributed by atoms with Crippen LogP contribution in [0.4, 0.5) is 13.2 Å². The molecule has 0 spiro atoms. The number of carbonyl (C=O) groups excluding carboxylic acids is 1. The van der Waals surface area contributed by atoms with Crippen molar-refractivity contribution in [1.82, 2.24) is 29.1 Å². The van der Waals surface area contributed by atoms with Gasteiger partial charge in [-0.25, -0.2) is 22.6 Å². The van der Waals surface area contributed by atoms with Gasteiger partial charge in [0.1, 0.15) is 11.3 Å². The van der Waals surface area contributed by atoms with Gasteiger partial charge in [0.15, 0.2) is 11.3 Å². The molecule has 0 saturated carbocycles. The second-order valence-electron chi connectivity index (χ2n) is 10.3. The lowest BCUT2D eigenvalue weighted by atomic mass is 10.0. The number of rotatable bonds is 8. The number of ether oxygens (including phenoxy) is 1. The van der Waals surface area contributed by atoms with Gasteiger partial charge in [-0.05, 0) is 36.8 Å². The number of nitrogens with zero attached hydrogens (tertiary/aromatic N) is 5. The van der Waals surface area contributed by atoms with Crippen LogP contribution >= 0.6 is 0 Å². The molecule has 1 saturated heterocycles. The highest BCUT2D eigenvalue weighted by Crippen LogP contribution is 2.37.